The van der Waals surface area contributed by atoms with E-state index in [1.54, 1.807) is 12.4 Å². The Labute approximate surface area is 91.2 Å². The molecule has 2 heterocycles. The van der Waals surface area contributed by atoms with Gasteiger partial charge >= 0.3 is 0 Å². The first-order chi connectivity index (χ1) is 6.77. The highest BCUT2D eigenvalue weighted by Crippen LogP contribution is 2.21. The van der Waals surface area contributed by atoms with Crippen LogP contribution in [0.1, 0.15) is 5.56 Å². The lowest BCUT2D eigenvalue weighted by molar-refractivity contribution is 1.24. The molecule has 0 atom stereocenters. The minimum absolute atomic E-state index is 0.980. The van der Waals surface area contributed by atoms with E-state index in [0.29, 0.717) is 0 Å². The average molecular weight is 249 g/mol. The standard InChI is InChI=1S/C11H9BrN2/c1-8-6-13-5-4-10(8)11-3-2-9(12)7-14-11/h2-7H,1H3. The Kier molecular flexibility index (Phi) is 2.59. The van der Waals surface area contributed by atoms with Gasteiger partial charge in [-0.2, -0.15) is 0 Å². The molecular formula is C11H9BrN2. The molecule has 2 aromatic rings. The third-order valence-corrected chi connectivity index (χ3v) is 2.49. The van der Waals surface area contributed by atoms with Crippen molar-refractivity contribution in [2.45, 2.75) is 6.92 Å². The van der Waals surface area contributed by atoms with Crippen LogP contribution in [0.5, 0.6) is 0 Å². The normalized spacial score (nSPS) is 10.1. The van der Waals surface area contributed by atoms with Crippen LogP contribution in [0, 0.1) is 6.92 Å². The molecule has 14 heavy (non-hydrogen) atoms. The summed E-state index contributed by atoms with van der Waals surface area (Å²) in [5.41, 5.74) is 3.25. The van der Waals surface area contributed by atoms with E-state index in [0.717, 1.165) is 21.3 Å². The minimum atomic E-state index is 0.980. The molecule has 0 bridgehead atoms. The van der Waals surface area contributed by atoms with Gasteiger partial charge in [0, 0.05) is 28.6 Å². The van der Waals surface area contributed by atoms with Crippen molar-refractivity contribution >= 4 is 15.9 Å². The maximum Gasteiger partial charge on any atom is 0.0706 e. The van der Waals surface area contributed by atoms with Gasteiger partial charge in [-0.05, 0) is 46.6 Å². The molecule has 0 unspecified atom stereocenters. The first-order valence-electron chi connectivity index (χ1n) is 4.30. The highest BCUT2D eigenvalue weighted by atomic mass is 79.9. The molecular weight excluding hydrogens is 240 g/mol. The van der Waals surface area contributed by atoms with Crippen molar-refractivity contribution < 1.29 is 0 Å². The Balaban J connectivity index is 2.50. The van der Waals surface area contributed by atoms with Crippen LogP contribution in [-0.2, 0) is 0 Å². The summed E-state index contributed by atoms with van der Waals surface area (Å²) >= 11 is 3.36. The molecule has 0 aliphatic heterocycles. The van der Waals surface area contributed by atoms with Crippen LogP contribution in [0.3, 0.4) is 0 Å². The maximum atomic E-state index is 4.33. The largest absolute Gasteiger partial charge is 0.264 e. The highest BCUT2D eigenvalue weighted by Gasteiger charge is 2.01. The van der Waals surface area contributed by atoms with Crippen molar-refractivity contribution in [3.8, 4) is 11.3 Å². The zero-order valence-electron chi connectivity index (χ0n) is 7.74. The summed E-state index contributed by atoms with van der Waals surface area (Å²) in [4.78, 5) is 8.39. The summed E-state index contributed by atoms with van der Waals surface area (Å²) in [5.74, 6) is 0. The Morgan fingerprint density at radius 3 is 2.64 bits per heavy atom. The van der Waals surface area contributed by atoms with Gasteiger partial charge in [-0.1, -0.05) is 0 Å². The smallest absolute Gasteiger partial charge is 0.0706 e. The topological polar surface area (TPSA) is 25.8 Å². The zero-order chi connectivity index (χ0) is 9.97. The number of hydrogen-bond donors (Lipinski definition) is 0. The molecule has 2 nitrogen and oxygen atoms in total. The average Bonchev–Trinajstić information content (AvgIpc) is 2.20. The number of aryl methyl sites for hydroxylation is 1. The van der Waals surface area contributed by atoms with Crippen LogP contribution in [0.2, 0.25) is 0 Å². The first-order valence-corrected chi connectivity index (χ1v) is 5.09. The Bertz CT molecular complexity index is 437. The van der Waals surface area contributed by atoms with Crippen LogP contribution >= 0.6 is 15.9 Å². The fourth-order valence-electron chi connectivity index (χ4n) is 1.30. The minimum Gasteiger partial charge on any atom is -0.264 e. The van der Waals surface area contributed by atoms with E-state index in [4.69, 9.17) is 0 Å². The molecule has 2 aromatic heterocycles. The summed E-state index contributed by atoms with van der Waals surface area (Å²) in [6, 6.07) is 5.96. The van der Waals surface area contributed by atoms with E-state index < -0.39 is 0 Å². The van der Waals surface area contributed by atoms with Crippen LogP contribution in [0.15, 0.2) is 41.3 Å². The molecule has 0 radical (unpaired) electrons. The Morgan fingerprint density at radius 2 is 2.00 bits per heavy atom. The van der Waals surface area contributed by atoms with Crippen molar-refractivity contribution in [3.63, 3.8) is 0 Å². The van der Waals surface area contributed by atoms with Crippen LogP contribution in [0.25, 0.3) is 11.3 Å². The predicted molar refractivity (Wildman–Crippen MR) is 59.9 cm³/mol. The number of aromatic nitrogens is 2. The lowest BCUT2D eigenvalue weighted by Gasteiger charge is -2.03. The van der Waals surface area contributed by atoms with Gasteiger partial charge in [0.15, 0.2) is 0 Å². The number of rotatable bonds is 1. The summed E-state index contributed by atoms with van der Waals surface area (Å²) in [5, 5.41) is 0. The zero-order valence-corrected chi connectivity index (χ0v) is 9.32. The van der Waals surface area contributed by atoms with Gasteiger partial charge in [0.25, 0.3) is 0 Å². The molecule has 0 spiro atoms. The molecule has 0 amide bonds. The Hall–Kier alpha value is -1.22. The van der Waals surface area contributed by atoms with E-state index in [-0.39, 0.29) is 0 Å². The van der Waals surface area contributed by atoms with E-state index in [9.17, 15) is 0 Å². The highest BCUT2D eigenvalue weighted by molar-refractivity contribution is 9.10. The number of halogens is 1. The Morgan fingerprint density at radius 1 is 1.14 bits per heavy atom. The molecule has 2 rings (SSSR count). The fourth-order valence-corrected chi connectivity index (χ4v) is 1.53. The molecule has 0 aromatic carbocycles. The molecule has 0 aliphatic rings. The first kappa shape index (κ1) is 9.34. The summed E-state index contributed by atoms with van der Waals surface area (Å²) in [6.45, 7) is 2.03. The van der Waals surface area contributed by atoms with Crippen molar-refractivity contribution in [1.82, 2.24) is 9.97 Å². The van der Waals surface area contributed by atoms with E-state index in [2.05, 4.69) is 25.9 Å². The second kappa shape index (κ2) is 3.88. The van der Waals surface area contributed by atoms with Gasteiger partial charge in [0.1, 0.15) is 0 Å². The number of hydrogen-bond acceptors (Lipinski definition) is 2. The fraction of sp³-hybridized carbons (Fsp3) is 0.0909. The quantitative estimate of drug-likeness (QED) is 0.775. The van der Waals surface area contributed by atoms with E-state index >= 15 is 0 Å². The van der Waals surface area contributed by atoms with Crippen molar-refractivity contribution in [2.75, 3.05) is 0 Å². The molecule has 70 valence electrons. The van der Waals surface area contributed by atoms with Crippen LogP contribution in [-0.4, -0.2) is 9.97 Å². The summed E-state index contributed by atoms with van der Waals surface area (Å²) < 4.78 is 0.993. The molecule has 0 fully saturated rings. The monoisotopic (exact) mass is 248 g/mol. The summed E-state index contributed by atoms with van der Waals surface area (Å²) in [7, 11) is 0. The van der Waals surface area contributed by atoms with Crippen molar-refractivity contribution in [1.29, 1.82) is 0 Å². The van der Waals surface area contributed by atoms with Gasteiger partial charge in [-0.3, -0.25) is 9.97 Å². The van der Waals surface area contributed by atoms with Crippen LogP contribution < -0.4 is 0 Å². The van der Waals surface area contributed by atoms with Crippen molar-refractivity contribution in [3.05, 3.63) is 46.8 Å². The second-order valence-electron chi connectivity index (χ2n) is 3.05. The van der Waals surface area contributed by atoms with Gasteiger partial charge in [-0.15, -0.1) is 0 Å². The molecule has 0 aliphatic carbocycles. The SMILES string of the molecule is Cc1cnccc1-c1ccc(Br)cn1. The van der Waals surface area contributed by atoms with Crippen molar-refractivity contribution in [2.24, 2.45) is 0 Å². The number of pyridine rings is 2. The second-order valence-corrected chi connectivity index (χ2v) is 3.97. The van der Waals surface area contributed by atoms with Gasteiger partial charge in [0.2, 0.25) is 0 Å². The molecule has 0 saturated carbocycles. The van der Waals surface area contributed by atoms with Gasteiger partial charge in [0.05, 0.1) is 5.69 Å². The predicted octanol–water partition coefficient (Wildman–Crippen LogP) is 3.21. The third kappa shape index (κ3) is 1.82. The lowest BCUT2D eigenvalue weighted by atomic mass is 10.1. The number of nitrogens with zero attached hydrogens (tertiary/aromatic N) is 2. The third-order valence-electron chi connectivity index (χ3n) is 2.02. The van der Waals surface area contributed by atoms with Crippen LogP contribution in [0.4, 0.5) is 0 Å². The van der Waals surface area contributed by atoms with Gasteiger partial charge < -0.3 is 0 Å². The lowest BCUT2D eigenvalue weighted by Crippen LogP contribution is -1.87. The van der Waals surface area contributed by atoms with Gasteiger partial charge in [-0.25, -0.2) is 0 Å². The van der Waals surface area contributed by atoms with E-state index in [1.165, 1.54) is 0 Å². The summed E-state index contributed by atoms with van der Waals surface area (Å²) in [6.07, 6.45) is 5.43. The molecule has 3 heteroatoms. The molecule has 0 saturated heterocycles. The maximum absolute atomic E-state index is 4.33. The van der Waals surface area contributed by atoms with E-state index in [1.807, 2.05) is 31.3 Å². The molecule has 0 N–H and O–H groups in total.